The standard InChI is InChI=1S/C12H15Cl2NO4S/c13-10-6-5-9(8-11(10)14)20(18,19)15-7-3-1-2-4-12(16)17/h5-6,8,15H,1-4,7H2,(H,16,17). The van der Waals surface area contributed by atoms with Crippen LogP contribution in [0.3, 0.4) is 0 Å². The maximum atomic E-state index is 11.9. The molecule has 0 bridgehead atoms. The van der Waals surface area contributed by atoms with Gasteiger partial charge in [0.25, 0.3) is 0 Å². The number of rotatable bonds is 8. The Labute approximate surface area is 127 Å². The van der Waals surface area contributed by atoms with Crippen LogP contribution in [-0.4, -0.2) is 26.0 Å². The third-order valence-electron chi connectivity index (χ3n) is 2.56. The molecule has 8 heteroatoms. The van der Waals surface area contributed by atoms with Crippen molar-refractivity contribution in [2.75, 3.05) is 6.54 Å². The Morgan fingerprint density at radius 2 is 1.85 bits per heavy atom. The van der Waals surface area contributed by atoms with Crippen LogP contribution in [-0.2, 0) is 14.8 Å². The number of halogens is 2. The molecule has 2 N–H and O–H groups in total. The highest BCUT2D eigenvalue weighted by molar-refractivity contribution is 7.89. The number of sulfonamides is 1. The lowest BCUT2D eigenvalue weighted by Gasteiger charge is -2.07. The molecular formula is C12H15Cl2NO4S. The summed E-state index contributed by atoms with van der Waals surface area (Å²) in [5.74, 6) is -0.846. The molecule has 0 fully saturated rings. The zero-order valence-electron chi connectivity index (χ0n) is 10.6. The summed E-state index contributed by atoms with van der Waals surface area (Å²) in [5.41, 5.74) is 0. The normalized spacial score (nSPS) is 11.5. The topological polar surface area (TPSA) is 83.5 Å². The van der Waals surface area contributed by atoms with Crippen molar-refractivity contribution in [2.24, 2.45) is 0 Å². The van der Waals surface area contributed by atoms with E-state index in [-0.39, 0.29) is 22.9 Å². The van der Waals surface area contributed by atoms with Gasteiger partial charge >= 0.3 is 5.97 Å². The third kappa shape index (κ3) is 5.66. The molecule has 0 atom stereocenters. The maximum absolute atomic E-state index is 11.9. The predicted octanol–water partition coefficient (Wildman–Crippen LogP) is 2.92. The van der Waals surface area contributed by atoms with E-state index in [0.29, 0.717) is 24.3 Å². The first-order chi connectivity index (χ1) is 9.33. The van der Waals surface area contributed by atoms with E-state index >= 15 is 0 Å². The molecule has 0 aliphatic carbocycles. The molecule has 0 aliphatic heterocycles. The van der Waals surface area contributed by atoms with Crippen molar-refractivity contribution in [3.8, 4) is 0 Å². The Morgan fingerprint density at radius 1 is 1.15 bits per heavy atom. The van der Waals surface area contributed by atoms with Crippen LogP contribution in [0.15, 0.2) is 23.1 Å². The van der Waals surface area contributed by atoms with E-state index in [1.54, 1.807) is 0 Å². The van der Waals surface area contributed by atoms with Crippen molar-refractivity contribution in [3.05, 3.63) is 28.2 Å². The van der Waals surface area contributed by atoms with Crippen LogP contribution in [0.2, 0.25) is 10.0 Å². The molecule has 0 spiro atoms. The molecule has 1 aromatic carbocycles. The number of carboxylic acid groups (broad SMARTS) is 1. The van der Waals surface area contributed by atoms with Crippen LogP contribution in [0, 0.1) is 0 Å². The van der Waals surface area contributed by atoms with Gasteiger partial charge in [0, 0.05) is 13.0 Å². The summed E-state index contributed by atoms with van der Waals surface area (Å²) >= 11 is 11.5. The van der Waals surface area contributed by atoms with Gasteiger partial charge in [-0.1, -0.05) is 29.6 Å². The van der Waals surface area contributed by atoms with Crippen LogP contribution in [0.5, 0.6) is 0 Å². The first-order valence-corrected chi connectivity index (χ1v) is 8.23. The van der Waals surface area contributed by atoms with Gasteiger partial charge in [0.1, 0.15) is 0 Å². The van der Waals surface area contributed by atoms with E-state index in [2.05, 4.69) is 4.72 Å². The lowest BCUT2D eigenvalue weighted by atomic mass is 10.2. The summed E-state index contributed by atoms with van der Waals surface area (Å²) in [6.45, 7) is 0.252. The molecule has 5 nitrogen and oxygen atoms in total. The van der Waals surface area contributed by atoms with Crippen molar-refractivity contribution in [1.82, 2.24) is 4.72 Å². The highest BCUT2D eigenvalue weighted by Gasteiger charge is 2.14. The zero-order valence-corrected chi connectivity index (χ0v) is 12.9. The molecule has 1 rings (SSSR count). The number of hydrogen-bond acceptors (Lipinski definition) is 3. The quantitative estimate of drug-likeness (QED) is 0.713. The lowest BCUT2D eigenvalue weighted by molar-refractivity contribution is -0.137. The van der Waals surface area contributed by atoms with Crippen LogP contribution in [0.4, 0.5) is 0 Å². The van der Waals surface area contributed by atoms with Crippen LogP contribution < -0.4 is 4.72 Å². The Bertz CT molecular complexity index is 575. The molecule has 0 heterocycles. The van der Waals surface area contributed by atoms with Crippen molar-refractivity contribution in [1.29, 1.82) is 0 Å². The van der Waals surface area contributed by atoms with E-state index in [4.69, 9.17) is 28.3 Å². The molecule has 20 heavy (non-hydrogen) atoms. The highest BCUT2D eigenvalue weighted by Crippen LogP contribution is 2.24. The molecule has 0 saturated heterocycles. The highest BCUT2D eigenvalue weighted by atomic mass is 35.5. The van der Waals surface area contributed by atoms with Gasteiger partial charge in [0.15, 0.2) is 0 Å². The van der Waals surface area contributed by atoms with Crippen molar-refractivity contribution in [2.45, 2.75) is 30.6 Å². The lowest BCUT2D eigenvalue weighted by Crippen LogP contribution is -2.24. The second-order valence-corrected chi connectivity index (χ2v) is 6.76. The van der Waals surface area contributed by atoms with E-state index in [9.17, 15) is 13.2 Å². The van der Waals surface area contributed by atoms with Crippen molar-refractivity contribution >= 4 is 39.2 Å². The van der Waals surface area contributed by atoms with Gasteiger partial charge in [-0.15, -0.1) is 0 Å². The predicted molar refractivity (Wildman–Crippen MR) is 77.8 cm³/mol. The summed E-state index contributed by atoms with van der Waals surface area (Å²) in [7, 11) is -3.61. The molecule has 0 aromatic heterocycles. The van der Waals surface area contributed by atoms with E-state index in [1.165, 1.54) is 18.2 Å². The SMILES string of the molecule is O=C(O)CCCCCNS(=O)(=O)c1ccc(Cl)c(Cl)c1. The molecule has 112 valence electrons. The maximum Gasteiger partial charge on any atom is 0.303 e. The molecule has 0 aliphatic rings. The Hall–Kier alpha value is -0.820. The molecule has 1 aromatic rings. The minimum atomic E-state index is -3.61. The summed E-state index contributed by atoms with van der Waals surface area (Å²) in [4.78, 5) is 10.4. The smallest absolute Gasteiger partial charge is 0.303 e. The second kappa shape index (κ2) is 7.83. The van der Waals surface area contributed by atoms with Crippen molar-refractivity contribution < 1.29 is 18.3 Å². The minimum absolute atomic E-state index is 0.0532. The second-order valence-electron chi connectivity index (χ2n) is 4.18. The number of nitrogens with one attached hydrogen (secondary N) is 1. The molecule has 0 radical (unpaired) electrons. The van der Waals surface area contributed by atoms with Crippen LogP contribution in [0.1, 0.15) is 25.7 Å². The minimum Gasteiger partial charge on any atom is -0.481 e. The third-order valence-corrected chi connectivity index (χ3v) is 4.76. The van der Waals surface area contributed by atoms with Crippen molar-refractivity contribution in [3.63, 3.8) is 0 Å². The largest absolute Gasteiger partial charge is 0.481 e. The van der Waals surface area contributed by atoms with Gasteiger partial charge in [-0.2, -0.15) is 0 Å². The summed E-state index contributed by atoms with van der Waals surface area (Å²) < 4.78 is 26.3. The van der Waals surface area contributed by atoms with Gasteiger partial charge < -0.3 is 5.11 Å². The first-order valence-electron chi connectivity index (χ1n) is 5.99. The summed E-state index contributed by atoms with van der Waals surface area (Å²) in [6, 6.07) is 4.09. The van der Waals surface area contributed by atoms with Gasteiger partial charge in [0.2, 0.25) is 10.0 Å². The fourth-order valence-corrected chi connectivity index (χ4v) is 2.97. The number of carbonyl (C=O) groups is 1. The fraction of sp³-hybridized carbons (Fsp3) is 0.417. The average Bonchev–Trinajstić information content (AvgIpc) is 2.36. The van der Waals surface area contributed by atoms with Gasteiger partial charge in [-0.25, -0.2) is 13.1 Å². The Kier molecular flexibility index (Phi) is 6.75. The molecule has 0 unspecified atom stereocenters. The van der Waals surface area contributed by atoms with Crippen LogP contribution >= 0.6 is 23.2 Å². The first kappa shape index (κ1) is 17.2. The zero-order chi connectivity index (χ0) is 15.2. The number of unbranched alkanes of at least 4 members (excludes halogenated alkanes) is 2. The number of aliphatic carboxylic acids is 1. The summed E-state index contributed by atoms with van der Waals surface area (Å²) in [6.07, 6.45) is 1.85. The molecular weight excluding hydrogens is 325 g/mol. The van der Waals surface area contributed by atoms with Crippen LogP contribution in [0.25, 0.3) is 0 Å². The number of benzene rings is 1. The number of carboxylic acids is 1. The number of hydrogen-bond donors (Lipinski definition) is 2. The Balaban J connectivity index is 2.45. The molecule has 0 amide bonds. The van der Waals surface area contributed by atoms with E-state index in [1.807, 2.05) is 0 Å². The van der Waals surface area contributed by atoms with Gasteiger partial charge in [-0.05, 0) is 31.0 Å². The van der Waals surface area contributed by atoms with Gasteiger partial charge in [-0.3, -0.25) is 4.79 Å². The van der Waals surface area contributed by atoms with E-state index in [0.717, 1.165) is 0 Å². The summed E-state index contributed by atoms with van der Waals surface area (Å²) in [5, 5.41) is 8.93. The van der Waals surface area contributed by atoms with E-state index < -0.39 is 16.0 Å². The monoisotopic (exact) mass is 339 g/mol. The van der Waals surface area contributed by atoms with Gasteiger partial charge in [0.05, 0.1) is 14.9 Å². The Morgan fingerprint density at radius 3 is 2.45 bits per heavy atom. The fourth-order valence-electron chi connectivity index (χ4n) is 1.51. The molecule has 0 saturated carbocycles. The average molecular weight is 340 g/mol.